The Morgan fingerprint density at radius 3 is 2.39 bits per heavy atom. The Morgan fingerprint density at radius 1 is 1.00 bits per heavy atom. The van der Waals surface area contributed by atoms with Gasteiger partial charge in [0, 0.05) is 19.2 Å². The van der Waals surface area contributed by atoms with Crippen molar-refractivity contribution in [3.05, 3.63) is 77.9 Å². The zero-order chi connectivity index (χ0) is 31.5. The predicted octanol–water partition coefficient (Wildman–Crippen LogP) is 3.03. The van der Waals surface area contributed by atoms with E-state index in [1.165, 1.54) is 38.6 Å². The molecular weight excluding hydrogens is 588 g/mol. The van der Waals surface area contributed by atoms with Gasteiger partial charge in [0.05, 0.1) is 37.1 Å². The van der Waals surface area contributed by atoms with Crippen LogP contribution in [0.15, 0.2) is 76.7 Å². The van der Waals surface area contributed by atoms with Crippen molar-refractivity contribution < 1.29 is 37.0 Å². The van der Waals surface area contributed by atoms with Gasteiger partial charge in [-0.25, -0.2) is 13.8 Å². The molecule has 1 heterocycles. The van der Waals surface area contributed by atoms with Crippen molar-refractivity contribution >= 4 is 33.7 Å². The Morgan fingerprint density at radius 2 is 1.73 bits per heavy atom. The molecule has 3 aromatic carbocycles. The van der Waals surface area contributed by atoms with Crippen LogP contribution in [0.2, 0.25) is 0 Å². The summed E-state index contributed by atoms with van der Waals surface area (Å²) in [7, 11) is -1.33. The number of carbonyl (C=O) groups excluding carboxylic acids is 2. The number of hydrogen-bond donors (Lipinski definition) is 2. The summed E-state index contributed by atoms with van der Waals surface area (Å²) in [6.45, 7) is 2.32. The second-order valence-electron chi connectivity index (χ2n) is 9.95. The molecule has 2 amide bonds. The van der Waals surface area contributed by atoms with Gasteiger partial charge < -0.3 is 24.3 Å². The van der Waals surface area contributed by atoms with Gasteiger partial charge in [-0.05, 0) is 73.9 Å². The van der Waals surface area contributed by atoms with Crippen LogP contribution in [-0.4, -0.2) is 73.1 Å². The van der Waals surface area contributed by atoms with Crippen molar-refractivity contribution in [2.75, 3.05) is 44.8 Å². The summed E-state index contributed by atoms with van der Waals surface area (Å²) < 4.78 is 50.1. The molecule has 3 aromatic rings. The highest BCUT2D eigenvalue weighted by molar-refractivity contribution is 7.92. The van der Waals surface area contributed by atoms with Crippen LogP contribution in [0.25, 0.3) is 0 Å². The van der Waals surface area contributed by atoms with Gasteiger partial charge in [0.1, 0.15) is 23.8 Å². The van der Waals surface area contributed by atoms with Crippen molar-refractivity contribution in [1.82, 2.24) is 10.7 Å². The summed E-state index contributed by atoms with van der Waals surface area (Å²) in [4.78, 5) is 25.0. The first-order valence-electron chi connectivity index (χ1n) is 13.9. The molecule has 1 atom stereocenters. The predicted molar refractivity (Wildman–Crippen MR) is 165 cm³/mol. The van der Waals surface area contributed by atoms with Crippen LogP contribution < -0.4 is 29.3 Å². The number of nitrogens with zero attached hydrogens (tertiary/aromatic N) is 2. The Labute approximate surface area is 257 Å². The summed E-state index contributed by atoms with van der Waals surface area (Å²) in [6, 6.07) is 17.7. The second kappa shape index (κ2) is 15.2. The lowest BCUT2D eigenvalue weighted by Crippen LogP contribution is -2.39. The first-order valence-corrected chi connectivity index (χ1v) is 15.4. The highest BCUT2D eigenvalue weighted by atomic mass is 32.2. The van der Waals surface area contributed by atoms with E-state index in [2.05, 4.69) is 15.8 Å². The molecule has 0 bridgehead atoms. The molecule has 1 fully saturated rings. The molecule has 13 heteroatoms. The summed E-state index contributed by atoms with van der Waals surface area (Å²) in [5.74, 6) is 0.188. The quantitative estimate of drug-likeness (QED) is 0.206. The lowest BCUT2D eigenvalue weighted by atomic mass is 10.2. The summed E-state index contributed by atoms with van der Waals surface area (Å²) >= 11 is 0. The fourth-order valence-electron chi connectivity index (χ4n) is 4.36. The van der Waals surface area contributed by atoms with Crippen LogP contribution in [-0.2, 0) is 24.3 Å². The Hall–Kier alpha value is -4.62. The molecule has 0 unspecified atom stereocenters. The number of benzene rings is 3. The van der Waals surface area contributed by atoms with Gasteiger partial charge in [-0.3, -0.25) is 13.9 Å². The van der Waals surface area contributed by atoms with Crippen LogP contribution in [0.5, 0.6) is 17.2 Å². The van der Waals surface area contributed by atoms with Crippen molar-refractivity contribution in [2.24, 2.45) is 5.10 Å². The molecule has 0 aromatic heterocycles. The number of methoxy groups -OCH3 is 2. The molecule has 1 saturated heterocycles. The minimum Gasteiger partial charge on any atom is -0.497 e. The van der Waals surface area contributed by atoms with Gasteiger partial charge >= 0.3 is 0 Å². The number of nitrogens with one attached hydrogen (secondary N) is 2. The van der Waals surface area contributed by atoms with E-state index in [-0.39, 0.29) is 35.0 Å². The van der Waals surface area contributed by atoms with Crippen molar-refractivity contribution in [2.45, 2.75) is 30.8 Å². The average molecular weight is 625 g/mol. The van der Waals surface area contributed by atoms with Crippen LogP contribution in [0, 0.1) is 6.92 Å². The Bertz CT molecular complexity index is 1550. The topological polar surface area (TPSA) is 145 Å². The number of rotatable bonds is 14. The van der Waals surface area contributed by atoms with Crippen LogP contribution in [0.4, 0.5) is 5.69 Å². The maximum absolute atomic E-state index is 13.7. The zero-order valence-electron chi connectivity index (χ0n) is 24.8. The SMILES string of the molecule is COc1ccc(OC)c(N(CC(=O)N/N=C\c2ccc(OCC(=O)NC[C@@H]3CCCO3)cc2)S(=O)(=O)c2ccc(C)cc2)c1. The van der Waals surface area contributed by atoms with E-state index in [9.17, 15) is 18.0 Å². The summed E-state index contributed by atoms with van der Waals surface area (Å²) in [6.07, 6.45) is 3.40. The maximum Gasteiger partial charge on any atom is 0.264 e. The molecule has 1 aliphatic rings. The van der Waals surface area contributed by atoms with E-state index < -0.39 is 22.5 Å². The minimum atomic E-state index is -4.19. The number of carbonyl (C=O) groups is 2. The molecule has 44 heavy (non-hydrogen) atoms. The highest BCUT2D eigenvalue weighted by Crippen LogP contribution is 2.35. The molecule has 4 rings (SSSR count). The fraction of sp³-hybridized carbons (Fsp3) is 0.323. The number of amides is 2. The van der Waals surface area contributed by atoms with Gasteiger partial charge in [0.2, 0.25) is 0 Å². The Balaban J connectivity index is 1.39. The number of anilines is 1. The molecule has 1 aliphatic heterocycles. The number of hydrogen-bond acceptors (Lipinski definition) is 9. The molecule has 0 saturated carbocycles. The van der Waals surface area contributed by atoms with Gasteiger partial charge in [0.15, 0.2) is 6.61 Å². The molecule has 234 valence electrons. The van der Waals surface area contributed by atoms with E-state index in [1.807, 2.05) is 6.92 Å². The third-order valence-corrected chi connectivity index (χ3v) is 8.53. The number of hydrazone groups is 1. The monoisotopic (exact) mass is 624 g/mol. The van der Waals surface area contributed by atoms with Gasteiger partial charge in [-0.2, -0.15) is 5.10 Å². The molecule has 12 nitrogen and oxygen atoms in total. The van der Waals surface area contributed by atoms with Crippen LogP contribution in [0.1, 0.15) is 24.0 Å². The van der Waals surface area contributed by atoms with Gasteiger partial charge in [-0.1, -0.05) is 17.7 Å². The molecule has 2 N–H and O–H groups in total. The van der Waals surface area contributed by atoms with E-state index in [0.717, 1.165) is 29.3 Å². The first-order chi connectivity index (χ1) is 21.2. The van der Waals surface area contributed by atoms with Crippen molar-refractivity contribution in [1.29, 1.82) is 0 Å². The molecular formula is C31H36N4O8S. The lowest BCUT2D eigenvalue weighted by molar-refractivity contribution is -0.123. The fourth-order valence-corrected chi connectivity index (χ4v) is 5.78. The summed E-state index contributed by atoms with van der Waals surface area (Å²) in [5.41, 5.74) is 4.03. The van der Waals surface area contributed by atoms with E-state index >= 15 is 0 Å². The van der Waals surface area contributed by atoms with Crippen molar-refractivity contribution in [3.63, 3.8) is 0 Å². The molecule has 0 spiro atoms. The Kier molecular flexibility index (Phi) is 11.2. The first kappa shape index (κ1) is 32.3. The van der Waals surface area contributed by atoms with Crippen LogP contribution >= 0.6 is 0 Å². The van der Waals surface area contributed by atoms with Crippen molar-refractivity contribution in [3.8, 4) is 17.2 Å². The average Bonchev–Trinajstić information content (AvgIpc) is 3.56. The minimum absolute atomic E-state index is 0.00638. The molecule has 0 radical (unpaired) electrons. The smallest absolute Gasteiger partial charge is 0.264 e. The number of sulfonamides is 1. The third-order valence-electron chi connectivity index (χ3n) is 6.75. The third kappa shape index (κ3) is 8.71. The number of ether oxygens (including phenoxy) is 4. The second-order valence-corrected chi connectivity index (χ2v) is 11.8. The largest absolute Gasteiger partial charge is 0.497 e. The maximum atomic E-state index is 13.7. The van der Waals surface area contributed by atoms with E-state index in [4.69, 9.17) is 18.9 Å². The highest BCUT2D eigenvalue weighted by Gasteiger charge is 2.30. The van der Waals surface area contributed by atoms with E-state index in [1.54, 1.807) is 48.5 Å². The summed E-state index contributed by atoms with van der Waals surface area (Å²) in [5, 5.41) is 6.77. The normalized spacial score (nSPS) is 14.7. The van der Waals surface area contributed by atoms with E-state index in [0.29, 0.717) is 23.6 Å². The standard InChI is InChI=1S/C31H36N4O8S/c1-22-6-13-27(14-7-22)44(38,39)35(28-17-25(40-2)12-15-29(28)41-3)20-30(36)34-33-18-23-8-10-24(11-9-23)43-21-31(37)32-19-26-5-4-16-42-26/h6-15,17-18,26H,4-5,16,19-21H2,1-3H3,(H,32,37)(H,34,36)/b33-18-/t26-/m0/s1. The van der Waals surface area contributed by atoms with Gasteiger partial charge in [-0.15, -0.1) is 0 Å². The lowest BCUT2D eigenvalue weighted by Gasteiger charge is -2.25. The molecule has 0 aliphatic carbocycles. The number of aryl methyl sites for hydroxylation is 1. The van der Waals surface area contributed by atoms with Crippen LogP contribution in [0.3, 0.4) is 0 Å². The van der Waals surface area contributed by atoms with Gasteiger partial charge in [0.25, 0.3) is 21.8 Å². The zero-order valence-corrected chi connectivity index (χ0v) is 25.6.